The van der Waals surface area contributed by atoms with Gasteiger partial charge in [-0.05, 0) is 19.3 Å². The second-order valence-corrected chi connectivity index (χ2v) is 3.67. The highest BCUT2D eigenvalue weighted by Crippen LogP contribution is 2.14. The number of aliphatic hydroxyl groups is 1. The van der Waals surface area contributed by atoms with E-state index in [9.17, 15) is 0 Å². The predicted octanol–water partition coefficient (Wildman–Crippen LogP) is 2.97. The van der Waals surface area contributed by atoms with Crippen molar-refractivity contribution in [1.82, 2.24) is 0 Å². The normalized spacial score (nSPS) is 16.4. The summed E-state index contributed by atoms with van der Waals surface area (Å²) < 4.78 is 0. The summed E-state index contributed by atoms with van der Waals surface area (Å²) in [5.41, 5.74) is 0. The average molecular weight is 158 g/mol. The maximum atomic E-state index is 9.00. The summed E-state index contributed by atoms with van der Waals surface area (Å²) in [4.78, 5) is 0. The second-order valence-electron chi connectivity index (χ2n) is 3.67. The molecule has 2 atom stereocenters. The molecule has 0 spiro atoms. The standard InChI is InChI=1S/C10H22O/c1-4-6-9(2)7-5-8-10(3)11/h9-11H,4-8H2,1-3H3. The Hall–Kier alpha value is -0.0400. The van der Waals surface area contributed by atoms with Crippen molar-refractivity contribution in [2.45, 2.75) is 59.0 Å². The van der Waals surface area contributed by atoms with Crippen molar-refractivity contribution in [2.75, 3.05) is 0 Å². The zero-order valence-electron chi connectivity index (χ0n) is 8.14. The lowest BCUT2D eigenvalue weighted by Crippen LogP contribution is -2.01. The minimum atomic E-state index is -0.108. The van der Waals surface area contributed by atoms with Crippen molar-refractivity contribution in [1.29, 1.82) is 0 Å². The lowest BCUT2D eigenvalue weighted by atomic mass is 9.98. The summed E-state index contributed by atoms with van der Waals surface area (Å²) in [6.45, 7) is 6.39. The summed E-state index contributed by atoms with van der Waals surface area (Å²) in [6.07, 6.45) is 5.94. The van der Waals surface area contributed by atoms with Crippen molar-refractivity contribution in [3.8, 4) is 0 Å². The van der Waals surface area contributed by atoms with Crippen LogP contribution in [0.25, 0.3) is 0 Å². The Kier molecular flexibility index (Phi) is 6.63. The maximum absolute atomic E-state index is 9.00. The maximum Gasteiger partial charge on any atom is 0.0512 e. The van der Waals surface area contributed by atoms with Crippen LogP contribution in [0.3, 0.4) is 0 Å². The molecule has 0 aromatic rings. The van der Waals surface area contributed by atoms with E-state index in [0.717, 1.165) is 12.3 Å². The Morgan fingerprint density at radius 3 is 2.18 bits per heavy atom. The molecule has 0 bridgehead atoms. The minimum Gasteiger partial charge on any atom is -0.393 e. The molecule has 0 aliphatic carbocycles. The third-order valence-corrected chi connectivity index (χ3v) is 2.10. The highest BCUT2D eigenvalue weighted by molar-refractivity contribution is 4.54. The van der Waals surface area contributed by atoms with Crippen LogP contribution in [0, 0.1) is 5.92 Å². The van der Waals surface area contributed by atoms with Gasteiger partial charge in [0, 0.05) is 0 Å². The van der Waals surface area contributed by atoms with Crippen LogP contribution in [0.1, 0.15) is 52.9 Å². The van der Waals surface area contributed by atoms with Gasteiger partial charge in [0.15, 0.2) is 0 Å². The van der Waals surface area contributed by atoms with Crippen LogP contribution in [0.2, 0.25) is 0 Å². The third kappa shape index (κ3) is 7.86. The van der Waals surface area contributed by atoms with Crippen molar-refractivity contribution >= 4 is 0 Å². The Morgan fingerprint density at radius 2 is 1.73 bits per heavy atom. The molecule has 0 rings (SSSR count). The molecular formula is C10H22O. The van der Waals surface area contributed by atoms with Crippen LogP contribution in [-0.4, -0.2) is 11.2 Å². The number of hydrogen-bond donors (Lipinski definition) is 1. The van der Waals surface area contributed by atoms with Gasteiger partial charge in [0.2, 0.25) is 0 Å². The van der Waals surface area contributed by atoms with Crippen molar-refractivity contribution in [3.63, 3.8) is 0 Å². The van der Waals surface area contributed by atoms with Crippen LogP contribution in [0.5, 0.6) is 0 Å². The van der Waals surface area contributed by atoms with E-state index in [2.05, 4.69) is 13.8 Å². The van der Waals surface area contributed by atoms with E-state index in [1.807, 2.05) is 6.92 Å². The molecule has 0 radical (unpaired) electrons. The molecule has 1 N–H and O–H groups in total. The Balaban J connectivity index is 3.10. The van der Waals surface area contributed by atoms with Gasteiger partial charge >= 0.3 is 0 Å². The fraction of sp³-hybridized carbons (Fsp3) is 1.00. The number of hydrogen-bond acceptors (Lipinski definition) is 1. The first-order valence-electron chi connectivity index (χ1n) is 4.84. The Bertz CT molecular complexity index is 78.9. The zero-order valence-corrected chi connectivity index (χ0v) is 8.14. The van der Waals surface area contributed by atoms with E-state index >= 15 is 0 Å². The quantitative estimate of drug-likeness (QED) is 0.630. The molecule has 0 aromatic heterocycles. The third-order valence-electron chi connectivity index (χ3n) is 2.10. The lowest BCUT2D eigenvalue weighted by Gasteiger charge is -2.09. The SMILES string of the molecule is CCCC(C)CCCC(C)O. The van der Waals surface area contributed by atoms with Crippen molar-refractivity contribution < 1.29 is 5.11 Å². The summed E-state index contributed by atoms with van der Waals surface area (Å²) in [5, 5.41) is 9.00. The van der Waals surface area contributed by atoms with E-state index in [1.165, 1.54) is 25.7 Å². The highest BCUT2D eigenvalue weighted by atomic mass is 16.3. The van der Waals surface area contributed by atoms with Gasteiger partial charge in [0.25, 0.3) is 0 Å². The van der Waals surface area contributed by atoms with Gasteiger partial charge < -0.3 is 5.11 Å². The van der Waals surface area contributed by atoms with E-state index in [0.29, 0.717) is 0 Å². The lowest BCUT2D eigenvalue weighted by molar-refractivity contribution is 0.178. The molecule has 0 amide bonds. The van der Waals surface area contributed by atoms with Crippen LogP contribution in [0.15, 0.2) is 0 Å². The smallest absolute Gasteiger partial charge is 0.0512 e. The van der Waals surface area contributed by atoms with Crippen LogP contribution in [-0.2, 0) is 0 Å². The van der Waals surface area contributed by atoms with Gasteiger partial charge in [-0.2, -0.15) is 0 Å². The fourth-order valence-corrected chi connectivity index (χ4v) is 1.40. The molecule has 1 nitrogen and oxygen atoms in total. The monoisotopic (exact) mass is 158 g/mol. The molecule has 0 aliphatic rings. The molecule has 1 heteroatoms. The van der Waals surface area contributed by atoms with Gasteiger partial charge in [-0.25, -0.2) is 0 Å². The summed E-state index contributed by atoms with van der Waals surface area (Å²) in [5.74, 6) is 0.846. The molecule has 68 valence electrons. The molecular weight excluding hydrogens is 136 g/mol. The van der Waals surface area contributed by atoms with E-state index < -0.39 is 0 Å². The van der Waals surface area contributed by atoms with Crippen LogP contribution >= 0.6 is 0 Å². The second kappa shape index (κ2) is 6.66. The van der Waals surface area contributed by atoms with Crippen LogP contribution < -0.4 is 0 Å². The van der Waals surface area contributed by atoms with Crippen molar-refractivity contribution in [2.24, 2.45) is 5.92 Å². The predicted molar refractivity (Wildman–Crippen MR) is 49.6 cm³/mol. The zero-order chi connectivity index (χ0) is 8.69. The van der Waals surface area contributed by atoms with Gasteiger partial charge in [0.1, 0.15) is 0 Å². The summed E-state index contributed by atoms with van der Waals surface area (Å²) in [7, 11) is 0. The summed E-state index contributed by atoms with van der Waals surface area (Å²) >= 11 is 0. The molecule has 0 heterocycles. The van der Waals surface area contributed by atoms with Gasteiger partial charge in [-0.1, -0.05) is 39.5 Å². The van der Waals surface area contributed by atoms with Gasteiger partial charge in [0.05, 0.1) is 6.10 Å². The first-order chi connectivity index (χ1) is 5.16. The van der Waals surface area contributed by atoms with Gasteiger partial charge in [-0.3, -0.25) is 0 Å². The number of aliphatic hydroxyl groups excluding tert-OH is 1. The Labute approximate surface area is 70.8 Å². The molecule has 0 aliphatic heterocycles. The Morgan fingerprint density at radius 1 is 1.09 bits per heavy atom. The van der Waals surface area contributed by atoms with E-state index in [-0.39, 0.29) is 6.10 Å². The first-order valence-corrected chi connectivity index (χ1v) is 4.84. The molecule has 0 aromatic carbocycles. The molecule has 0 fully saturated rings. The number of rotatable bonds is 6. The average Bonchev–Trinajstić information content (AvgIpc) is 1.87. The first kappa shape index (κ1) is 11.0. The van der Waals surface area contributed by atoms with Crippen molar-refractivity contribution in [3.05, 3.63) is 0 Å². The van der Waals surface area contributed by atoms with Crippen LogP contribution in [0.4, 0.5) is 0 Å². The topological polar surface area (TPSA) is 20.2 Å². The highest BCUT2D eigenvalue weighted by Gasteiger charge is 2.01. The fourth-order valence-electron chi connectivity index (χ4n) is 1.40. The minimum absolute atomic E-state index is 0.108. The van der Waals surface area contributed by atoms with E-state index in [4.69, 9.17) is 5.11 Å². The summed E-state index contributed by atoms with van der Waals surface area (Å²) in [6, 6.07) is 0. The molecule has 0 saturated heterocycles. The van der Waals surface area contributed by atoms with Gasteiger partial charge in [-0.15, -0.1) is 0 Å². The molecule has 11 heavy (non-hydrogen) atoms. The van der Waals surface area contributed by atoms with E-state index in [1.54, 1.807) is 0 Å². The molecule has 0 saturated carbocycles. The largest absolute Gasteiger partial charge is 0.393 e. The molecule has 2 unspecified atom stereocenters.